The van der Waals surface area contributed by atoms with Gasteiger partial charge in [0.05, 0.1) is 12.7 Å². The van der Waals surface area contributed by atoms with Gasteiger partial charge in [0, 0.05) is 20.1 Å². The molecule has 0 spiro atoms. The van der Waals surface area contributed by atoms with E-state index in [1.807, 2.05) is 7.05 Å². The maximum absolute atomic E-state index is 9.83. The first-order valence-electron chi connectivity index (χ1n) is 6.33. The summed E-state index contributed by atoms with van der Waals surface area (Å²) in [7, 11) is 3.33. The molecule has 7 nitrogen and oxygen atoms in total. The van der Waals surface area contributed by atoms with Gasteiger partial charge in [-0.15, -0.1) is 0 Å². The number of hydrogen-bond acceptors (Lipinski definition) is 7. The molecule has 1 rings (SSSR count). The fraction of sp³-hybridized carbons (Fsp3) is 0.750. The molecule has 0 radical (unpaired) electrons. The average Bonchev–Trinajstić information content (AvgIpc) is 2.33. The van der Waals surface area contributed by atoms with E-state index in [-0.39, 0.29) is 6.01 Å². The molecule has 0 amide bonds. The number of aromatic nitrogens is 3. The molecule has 108 valence electrons. The van der Waals surface area contributed by atoms with Gasteiger partial charge in [-0.05, 0) is 20.3 Å². The Morgan fingerprint density at radius 3 is 2.53 bits per heavy atom. The third kappa shape index (κ3) is 5.25. The van der Waals surface area contributed by atoms with E-state index in [1.54, 1.807) is 18.7 Å². The van der Waals surface area contributed by atoms with Gasteiger partial charge >= 0.3 is 6.01 Å². The number of hydrogen-bond donors (Lipinski definition) is 2. The summed E-state index contributed by atoms with van der Waals surface area (Å²) >= 11 is 0. The van der Waals surface area contributed by atoms with Crippen molar-refractivity contribution in [2.75, 3.05) is 37.5 Å². The molecule has 0 aliphatic rings. The predicted octanol–water partition coefficient (Wildman–Crippen LogP) is 0.909. The molecule has 0 saturated heterocycles. The second-order valence-electron chi connectivity index (χ2n) is 5.04. The quantitative estimate of drug-likeness (QED) is 0.761. The third-order valence-electron chi connectivity index (χ3n) is 2.28. The highest BCUT2D eigenvalue weighted by Gasteiger charge is 2.19. The van der Waals surface area contributed by atoms with E-state index in [9.17, 15) is 5.11 Å². The van der Waals surface area contributed by atoms with Crippen molar-refractivity contribution in [1.82, 2.24) is 15.0 Å². The Balaban J connectivity index is 2.92. The molecule has 0 aliphatic carbocycles. The zero-order valence-corrected chi connectivity index (χ0v) is 12.3. The molecule has 0 fully saturated rings. The van der Waals surface area contributed by atoms with Crippen LogP contribution in [0.15, 0.2) is 0 Å². The molecular formula is C12H23N5O2. The Labute approximate surface area is 114 Å². The van der Waals surface area contributed by atoms with Crippen LogP contribution in [0, 0.1) is 0 Å². The van der Waals surface area contributed by atoms with Gasteiger partial charge in [-0.1, -0.05) is 6.92 Å². The number of nitrogens with one attached hydrogen (secondary N) is 1. The molecule has 1 heterocycles. The molecule has 2 N–H and O–H groups in total. The molecule has 0 bridgehead atoms. The van der Waals surface area contributed by atoms with E-state index in [1.165, 1.54) is 7.11 Å². The summed E-state index contributed by atoms with van der Waals surface area (Å²) in [4.78, 5) is 14.4. The van der Waals surface area contributed by atoms with Gasteiger partial charge in [-0.2, -0.15) is 15.0 Å². The zero-order chi connectivity index (χ0) is 14.5. The van der Waals surface area contributed by atoms with Crippen LogP contribution in [0.3, 0.4) is 0 Å². The lowest BCUT2D eigenvalue weighted by Crippen LogP contribution is -2.37. The normalized spacial score (nSPS) is 11.3. The number of methoxy groups -OCH3 is 1. The molecule has 0 aliphatic heterocycles. The van der Waals surface area contributed by atoms with Crippen molar-refractivity contribution in [1.29, 1.82) is 0 Å². The maximum atomic E-state index is 9.83. The van der Waals surface area contributed by atoms with Gasteiger partial charge in [-0.25, -0.2) is 0 Å². The van der Waals surface area contributed by atoms with Crippen molar-refractivity contribution in [3.05, 3.63) is 0 Å². The minimum Gasteiger partial charge on any atom is -0.467 e. The summed E-state index contributed by atoms with van der Waals surface area (Å²) in [6.07, 6.45) is 0.975. The first kappa shape index (κ1) is 15.4. The smallest absolute Gasteiger partial charge is 0.322 e. The van der Waals surface area contributed by atoms with Crippen molar-refractivity contribution >= 4 is 11.9 Å². The fourth-order valence-corrected chi connectivity index (χ4v) is 1.57. The summed E-state index contributed by atoms with van der Waals surface area (Å²) < 4.78 is 5.06. The van der Waals surface area contributed by atoms with Crippen LogP contribution in [0.5, 0.6) is 6.01 Å². The minimum atomic E-state index is -0.828. The van der Waals surface area contributed by atoms with Crippen molar-refractivity contribution in [2.24, 2.45) is 0 Å². The van der Waals surface area contributed by atoms with E-state index in [2.05, 4.69) is 27.2 Å². The van der Waals surface area contributed by atoms with Crippen LogP contribution in [0.2, 0.25) is 0 Å². The molecule has 0 unspecified atom stereocenters. The number of nitrogens with zero attached hydrogens (tertiary/aromatic N) is 4. The largest absolute Gasteiger partial charge is 0.467 e. The summed E-state index contributed by atoms with van der Waals surface area (Å²) in [6.45, 7) is 6.72. The maximum Gasteiger partial charge on any atom is 0.322 e. The predicted molar refractivity (Wildman–Crippen MR) is 74.7 cm³/mol. The lowest BCUT2D eigenvalue weighted by Gasteiger charge is -2.25. The summed E-state index contributed by atoms with van der Waals surface area (Å²) in [5.41, 5.74) is -0.828. The average molecular weight is 269 g/mol. The van der Waals surface area contributed by atoms with Gasteiger partial charge in [0.25, 0.3) is 0 Å². The highest BCUT2D eigenvalue weighted by atomic mass is 16.5. The summed E-state index contributed by atoms with van der Waals surface area (Å²) in [5, 5.41) is 12.9. The fourth-order valence-electron chi connectivity index (χ4n) is 1.57. The summed E-state index contributed by atoms with van der Waals surface area (Å²) in [5.74, 6) is 0.943. The van der Waals surface area contributed by atoms with Crippen LogP contribution < -0.4 is 15.0 Å². The van der Waals surface area contributed by atoms with Crippen LogP contribution in [-0.2, 0) is 0 Å². The van der Waals surface area contributed by atoms with E-state index in [0.29, 0.717) is 18.4 Å². The standard InChI is InChI=1S/C12H23N5O2/c1-6-7-13-9-14-10(16-11(15-9)19-5)17(4)8-12(2,3)18/h18H,6-8H2,1-5H3,(H,13,14,15,16). The number of ether oxygens (including phenoxy) is 1. The lowest BCUT2D eigenvalue weighted by atomic mass is 10.1. The van der Waals surface area contributed by atoms with Gasteiger partial charge in [-0.3, -0.25) is 0 Å². The SMILES string of the molecule is CCCNc1nc(OC)nc(N(C)CC(C)(C)O)n1. The van der Waals surface area contributed by atoms with Gasteiger partial charge in [0.15, 0.2) is 0 Å². The molecule has 0 saturated carbocycles. The van der Waals surface area contributed by atoms with Crippen LogP contribution in [0.1, 0.15) is 27.2 Å². The molecule has 0 atom stereocenters. The van der Waals surface area contributed by atoms with Crippen molar-refractivity contribution < 1.29 is 9.84 Å². The Bertz CT molecular complexity index is 406. The van der Waals surface area contributed by atoms with E-state index in [4.69, 9.17) is 4.74 Å². The van der Waals surface area contributed by atoms with Crippen molar-refractivity contribution in [3.63, 3.8) is 0 Å². The number of aliphatic hydroxyl groups is 1. The van der Waals surface area contributed by atoms with E-state index < -0.39 is 5.60 Å². The van der Waals surface area contributed by atoms with Gasteiger partial charge in [0.1, 0.15) is 0 Å². The lowest BCUT2D eigenvalue weighted by molar-refractivity contribution is 0.0882. The van der Waals surface area contributed by atoms with Crippen molar-refractivity contribution in [3.8, 4) is 6.01 Å². The minimum absolute atomic E-state index is 0.256. The molecule has 1 aromatic rings. The van der Waals surface area contributed by atoms with Gasteiger partial charge in [0.2, 0.25) is 11.9 Å². The first-order chi connectivity index (χ1) is 8.85. The first-order valence-corrected chi connectivity index (χ1v) is 6.33. The monoisotopic (exact) mass is 269 g/mol. The van der Waals surface area contributed by atoms with Crippen LogP contribution in [0.25, 0.3) is 0 Å². The third-order valence-corrected chi connectivity index (χ3v) is 2.28. The number of rotatable bonds is 7. The second-order valence-corrected chi connectivity index (χ2v) is 5.04. The Kier molecular flexibility index (Phi) is 5.29. The van der Waals surface area contributed by atoms with Gasteiger partial charge < -0.3 is 20.1 Å². The van der Waals surface area contributed by atoms with Crippen LogP contribution in [-0.4, -0.2) is 52.9 Å². The zero-order valence-electron chi connectivity index (χ0n) is 12.3. The van der Waals surface area contributed by atoms with Crippen molar-refractivity contribution in [2.45, 2.75) is 32.8 Å². The van der Waals surface area contributed by atoms with Crippen LogP contribution >= 0.6 is 0 Å². The molecule has 7 heteroatoms. The molecule has 19 heavy (non-hydrogen) atoms. The number of anilines is 2. The Morgan fingerprint density at radius 1 is 1.32 bits per heavy atom. The van der Waals surface area contributed by atoms with E-state index >= 15 is 0 Å². The Hall–Kier alpha value is -1.63. The number of likely N-dealkylation sites (N-methyl/N-ethyl adjacent to an activating group) is 1. The van der Waals surface area contributed by atoms with Crippen LogP contribution in [0.4, 0.5) is 11.9 Å². The summed E-state index contributed by atoms with van der Waals surface area (Å²) in [6, 6.07) is 0.256. The molecular weight excluding hydrogens is 246 g/mol. The Morgan fingerprint density at radius 2 is 2.00 bits per heavy atom. The highest BCUT2D eigenvalue weighted by molar-refractivity contribution is 5.38. The second kappa shape index (κ2) is 6.51. The molecule has 1 aromatic heterocycles. The molecule has 0 aromatic carbocycles. The topological polar surface area (TPSA) is 83.4 Å². The highest BCUT2D eigenvalue weighted by Crippen LogP contribution is 2.15. The van der Waals surface area contributed by atoms with E-state index in [0.717, 1.165) is 13.0 Å².